The molecule has 164 valence electrons. The number of hydrogen-bond donors (Lipinski definition) is 0. The number of carbonyl (C=O) groups is 3. The minimum Gasteiger partial charge on any atom is -0.454 e. The van der Waals surface area contributed by atoms with Crippen LogP contribution >= 0.6 is 11.8 Å². The quantitative estimate of drug-likeness (QED) is 0.281. The van der Waals surface area contributed by atoms with E-state index < -0.39 is 12.1 Å². The van der Waals surface area contributed by atoms with E-state index in [0.717, 1.165) is 28.2 Å². The number of rotatable bonds is 7. The Bertz CT molecular complexity index is 1010. The van der Waals surface area contributed by atoms with Gasteiger partial charge in [-0.05, 0) is 69.2 Å². The maximum absolute atomic E-state index is 12.8. The summed E-state index contributed by atoms with van der Waals surface area (Å²) < 4.78 is 5.39. The number of thioether (sulfide) groups is 1. The third-order valence-electron chi connectivity index (χ3n) is 5.48. The maximum atomic E-state index is 12.8. The van der Waals surface area contributed by atoms with E-state index in [4.69, 9.17) is 4.74 Å². The lowest BCUT2D eigenvalue weighted by Gasteiger charge is -2.16. The standard InChI is InChI=1S/C23H27N3O4S/c1-13-19(14(2)25-23(24-13)31-5)7-9-21(28)30-15(3)22(29)18-6-8-20-17(12-18)10-11-26(20)16(4)27/h6,8,12,15H,7,9-11H2,1-5H3/t15-/m0/s1. The van der Waals surface area contributed by atoms with Crippen molar-refractivity contribution in [3.63, 3.8) is 0 Å². The molecule has 0 N–H and O–H groups in total. The second-order valence-electron chi connectivity index (χ2n) is 7.62. The maximum Gasteiger partial charge on any atom is 0.306 e. The smallest absolute Gasteiger partial charge is 0.306 e. The third-order valence-corrected chi connectivity index (χ3v) is 6.03. The summed E-state index contributed by atoms with van der Waals surface area (Å²) in [5, 5.41) is 0.710. The molecule has 0 saturated heterocycles. The summed E-state index contributed by atoms with van der Waals surface area (Å²) in [7, 11) is 0. The van der Waals surface area contributed by atoms with Gasteiger partial charge in [0, 0.05) is 42.5 Å². The zero-order valence-corrected chi connectivity index (χ0v) is 19.3. The van der Waals surface area contributed by atoms with Crippen molar-refractivity contribution in [2.24, 2.45) is 0 Å². The molecule has 31 heavy (non-hydrogen) atoms. The molecule has 1 aliphatic rings. The lowest BCUT2D eigenvalue weighted by molar-refractivity contribution is -0.146. The van der Waals surface area contributed by atoms with Gasteiger partial charge < -0.3 is 9.64 Å². The average molecular weight is 442 g/mol. The Balaban J connectivity index is 1.60. The molecule has 0 fully saturated rings. The van der Waals surface area contributed by atoms with Crippen molar-refractivity contribution in [3.8, 4) is 0 Å². The second kappa shape index (κ2) is 9.60. The van der Waals surface area contributed by atoms with Gasteiger partial charge in [0.15, 0.2) is 11.3 Å². The molecule has 0 aliphatic carbocycles. The highest BCUT2D eigenvalue weighted by molar-refractivity contribution is 7.98. The van der Waals surface area contributed by atoms with Gasteiger partial charge in [0.25, 0.3) is 0 Å². The van der Waals surface area contributed by atoms with E-state index in [0.29, 0.717) is 30.1 Å². The van der Waals surface area contributed by atoms with Crippen molar-refractivity contribution in [1.29, 1.82) is 0 Å². The zero-order chi connectivity index (χ0) is 22.7. The molecule has 1 aliphatic heterocycles. The van der Waals surface area contributed by atoms with Gasteiger partial charge in [0.2, 0.25) is 11.7 Å². The molecule has 1 aromatic carbocycles. The molecule has 1 amide bonds. The number of amides is 1. The Morgan fingerprint density at radius 1 is 1.19 bits per heavy atom. The molecule has 3 rings (SSSR count). The topological polar surface area (TPSA) is 89.5 Å². The van der Waals surface area contributed by atoms with Crippen LogP contribution in [0.3, 0.4) is 0 Å². The number of ketones is 1. The highest BCUT2D eigenvalue weighted by Crippen LogP contribution is 2.29. The number of ether oxygens (including phenoxy) is 1. The van der Waals surface area contributed by atoms with Crippen molar-refractivity contribution in [2.75, 3.05) is 17.7 Å². The fraction of sp³-hybridized carbons (Fsp3) is 0.435. The van der Waals surface area contributed by atoms with Crippen molar-refractivity contribution < 1.29 is 19.1 Å². The zero-order valence-electron chi connectivity index (χ0n) is 18.5. The first-order valence-electron chi connectivity index (χ1n) is 10.2. The number of aromatic nitrogens is 2. The highest BCUT2D eigenvalue weighted by atomic mass is 32.2. The Morgan fingerprint density at radius 3 is 2.48 bits per heavy atom. The number of nitrogens with zero attached hydrogens (tertiary/aromatic N) is 3. The van der Waals surface area contributed by atoms with Crippen molar-refractivity contribution in [2.45, 2.75) is 58.2 Å². The summed E-state index contributed by atoms with van der Waals surface area (Å²) in [6.45, 7) is 7.54. The van der Waals surface area contributed by atoms with Gasteiger partial charge in [0.1, 0.15) is 0 Å². The van der Waals surface area contributed by atoms with Crippen LogP contribution in [0.2, 0.25) is 0 Å². The van der Waals surface area contributed by atoms with Crippen LogP contribution < -0.4 is 4.90 Å². The average Bonchev–Trinajstić information content (AvgIpc) is 3.15. The summed E-state index contributed by atoms with van der Waals surface area (Å²) in [4.78, 5) is 47.4. The number of anilines is 1. The molecule has 2 aromatic rings. The predicted octanol–water partition coefficient (Wildman–Crippen LogP) is 3.47. The Labute approximate surface area is 186 Å². The molecule has 0 radical (unpaired) electrons. The lowest BCUT2D eigenvalue weighted by atomic mass is 10.0. The van der Waals surface area contributed by atoms with Gasteiger partial charge in [-0.25, -0.2) is 9.97 Å². The second-order valence-corrected chi connectivity index (χ2v) is 8.39. The lowest BCUT2D eigenvalue weighted by Crippen LogP contribution is -2.26. The van der Waals surface area contributed by atoms with Crippen molar-refractivity contribution in [1.82, 2.24) is 9.97 Å². The van der Waals surface area contributed by atoms with E-state index in [9.17, 15) is 14.4 Å². The van der Waals surface area contributed by atoms with Crippen LogP contribution in [0, 0.1) is 13.8 Å². The predicted molar refractivity (Wildman–Crippen MR) is 120 cm³/mol. The van der Waals surface area contributed by atoms with Crippen LogP contribution in [-0.2, 0) is 27.2 Å². The molecule has 8 heteroatoms. The Kier molecular flexibility index (Phi) is 7.10. The van der Waals surface area contributed by atoms with E-state index in [1.54, 1.807) is 30.0 Å². The third kappa shape index (κ3) is 5.12. The van der Waals surface area contributed by atoms with Gasteiger partial charge in [-0.15, -0.1) is 0 Å². The minimum atomic E-state index is -0.881. The molecular weight excluding hydrogens is 414 g/mol. The molecule has 7 nitrogen and oxygen atoms in total. The largest absolute Gasteiger partial charge is 0.454 e. The van der Waals surface area contributed by atoms with Crippen molar-refractivity contribution in [3.05, 3.63) is 46.3 Å². The Hall–Kier alpha value is -2.74. The molecule has 1 aromatic heterocycles. The SMILES string of the molecule is CSc1nc(C)c(CCC(=O)O[C@@H](C)C(=O)c2ccc3c(c2)CCN3C(C)=O)c(C)n1. The summed E-state index contributed by atoms with van der Waals surface area (Å²) >= 11 is 1.48. The van der Waals surface area contributed by atoms with Crippen LogP contribution in [0.1, 0.15) is 53.1 Å². The van der Waals surface area contributed by atoms with Gasteiger partial charge in [0.05, 0.1) is 0 Å². The van der Waals surface area contributed by atoms with Gasteiger partial charge >= 0.3 is 5.97 Å². The van der Waals surface area contributed by atoms with Crippen LogP contribution in [0.4, 0.5) is 5.69 Å². The van der Waals surface area contributed by atoms with Crippen LogP contribution in [0.25, 0.3) is 0 Å². The number of esters is 1. The highest BCUT2D eigenvalue weighted by Gasteiger charge is 2.25. The minimum absolute atomic E-state index is 0.0147. The fourth-order valence-electron chi connectivity index (χ4n) is 3.82. The molecule has 1 atom stereocenters. The normalized spacial score (nSPS) is 13.6. The van der Waals surface area contributed by atoms with E-state index in [1.807, 2.05) is 20.1 Å². The van der Waals surface area contributed by atoms with E-state index in [1.165, 1.54) is 18.7 Å². The summed E-state index contributed by atoms with van der Waals surface area (Å²) in [5.74, 6) is -0.700. The fourth-order valence-corrected chi connectivity index (χ4v) is 4.27. The first kappa shape index (κ1) is 22.9. The van der Waals surface area contributed by atoms with E-state index in [2.05, 4.69) is 9.97 Å². The number of hydrogen-bond acceptors (Lipinski definition) is 7. The molecule has 0 saturated carbocycles. The van der Waals surface area contributed by atoms with Gasteiger partial charge in [-0.2, -0.15) is 0 Å². The first-order valence-corrected chi connectivity index (χ1v) is 11.5. The van der Waals surface area contributed by atoms with Crippen LogP contribution in [0.5, 0.6) is 0 Å². The molecule has 0 bridgehead atoms. The molecule has 2 heterocycles. The monoisotopic (exact) mass is 441 g/mol. The van der Waals surface area contributed by atoms with E-state index in [-0.39, 0.29) is 18.1 Å². The summed E-state index contributed by atoms with van der Waals surface area (Å²) in [6.07, 6.45) is 2.36. The number of fused-ring (bicyclic) bond motifs is 1. The first-order chi connectivity index (χ1) is 14.7. The molecule has 0 unspecified atom stereocenters. The molecular formula is C23H27N3O4S. The molecule has 0 spiro atoms. The summed E-state index contributed by atoms with van der Waals surface area (Å²) in [6, 6.07) is 5.27. The van der Waals surface area contributed by atoms with Crippen LogP contribution in [-0.4, -0.2) is 46.5 Å². The number of aryl methyl sites for hydroxylation is 2. The van der Waals surface area contributed by atoms with E-state index >= 15 is 0 Å². The summed E-state index contributed by atoms with van der Waals surface area (Å²) in [5.41, 5.74) is 4.92. The van der Waals surface area contributed by atoms with Gasteiger partial charge in [-0.3, -0.25) is 14.4 Å². The number of Topliss-reactive ketones (excluding diaryl/α,β-unsaturated/α-hetero) is 1. The van der Waals surface area contributed by atoms with Crippen LogP contribution in [0.15, 0.2) is 23.4 Å². The van der Waals surface area contributed by atoms with Crippen molar-refractivity contribution >= 4 is 35.1 Å². The van der Waals surface area contributed by atoms with Gasteiger partial charge in [-0.1, -0.05) is 11.8 Å². The Morgan fingerprint density at radius 2 is 1.87 bits per heavy atom. The number of benzene rings is 1. The number of carbonyl (C=O) groups excluding carboxylic acids is 3.